The van der Waals surface area contributed by atoms with Gasteiger partial charge in [0.2, 0.25) is 0 Å². The average Bonchev–Trinajstić information content (AvgIpc) is 2.46. The predicted molar refractivity (Wildman–Crippen MR) is 84.7 cm³/mol. The van der Waals surface area contributed by atoms with Crippen LogP contribution in [0.15, 0.2) is 46.9 Å². The van der Waals surface area contributed by atoms with Crippen LogP contribution in [0.25, 0.3) is 0 Å². The van der Waals surface area contributed by atoms with Crippen molar-refractivity contribution < 1.29 is 4.39 Å². The maximum absolute atomic E-state index is 13.4. The standard InChI is InChI=1S/C16H16BrFN2/c1-11-9-19-15-4-2-3-5-16(15)20(11)10-12-8-13(18)6-7-14(12)17/h2-8,11,19H,9-10H2,1H3. The highest BCUT2D eigenvalue weighted by Gasteiger charge is 2.23. The van der Waals surface area contributed by atoms with Gasteiger partial charge in [-0.2, -0.15) is 0 Å². The summed E-state index contributed by atoms with van der Waals surface area (Å²) in [5.74, 6) is -0.195. The molecule has 1 aliphatic rings. The molecule has 0 spiro atoms. The fraction of sp³-hybridized carbons (Fsp3) is 0.250. The molecular weight excluding hydrogens is 319 g/mol. The highest BCUT2D eigenvalue weighted by atomic mass is 79.9. The Morgan fingerprint density at radius 1 is 1.30 bits per heavy atom. The van der Waals surface area contributed by atoms with E-state index in [4.69, 9.17) is 0 Å². The lowest BCUT2D eigenvalue weighted by molar-refractivity contribution is 0.615. The van der Waals surface area contributed by atoms with Crippen molar-refractivity contribution in [1.82, 2.24) is 0 Å². The van der Waals surface area contributed by atoms with Gasteiger partial charge in [-0.15, -0.1) is 0 Å². The number of benzene rings is 2. The molecule has 1 aliphatic heterocycles. The van der Waals surface area contributed by atoms with Crippen molar-refractivity contribution in [1.29, 1.82) is 0 Å². The van der Waals surface area contributed by atoms with Crippen molar-refractivity contribution in [3.8, 4) is 0 Å². The SMILES string of the molecule is CC1CNc2ccccc2N1Cc1cc(F)ccc1Br. The lowest BCUT2D eigenvalue weighted by Gasteiger charge is -2.38. The van der Waals surface area contributed by atoms with E-state index in [1.54, 1.807) is 12.1 Å². The summed E-state index contributed by atoms with van der Waals surface area (Å²) in [7, 11) is 0. The number of nitrogens with one attached hydrogen (secondary N) is 1. The van der Waals surface area contributed by atoms with E-state index in [0.717, 1.165) is 22.3 Å². The zero-order chi connectivity index (χ0) is 14.1. The summed E-state index contributed by atoms with van der Waals surface area (Å²) in [6, 6.07) is 13.4. The van der Waals surface area contributed by atoms with Gasteiger partial charge in [0.05, 0.1) is 11.4 Å². The summed E-state index contributed by atoms with van der Waals surface area (Å²) in [5, 5.41) is 3.43. The first-order chi connectivity index (χ1) is 9.65. The van der Waals surface area contributed by atoms with Gasteiger partial charge in [-0.05, 0) is 42.8 Å². The fourth-order valence-corrected chi connectivity index (χ4v) is 2.94. The van der Waals surface area contributed by atoms with Crippen LogP contribution in [0.2, 0.25) is 0 Å². The van der Waals surface area contributed by atoms with Crippen LogP contribution < -0.4 is 10.2 Å². The molecule has 0 saturated heterocycles. The topological polar surface area (TPSA) is 15.3 Å². The minimum absolute atomic E-state index is 0.195. The molecule has 104 valence electrons. The third kappa shape index (κ3) is 2.52. The highest BCUT2D eigenvalue weighted by Crippen LogP contribution is 2.33. The summed E-state index contributed by atoms with van der Waals surface area (Å²) < 4.78 is 14.4. The Hall–Kier alpha value is -1.55. The van der Waals surface area contributed by atoms with E-state index in [0.29, 0.717) is 12.6 Å². The van der Waals surface area contributed by atoms with Crippen LogP contribution in [0.4, 0.5) is 15.8 Å². The molecule has 2 nitrogen and oxygen atoms in total. The Labute approximate surface area is 126 Å². The quantitative estimate of drug-likeness (QED) is 0.875. The predicted octanol–water partition coefficient (Wildman–Crippen LogP) is 4.41. The van der Waals surface area contributed by atoms with Gasteiger partial charge in [0.25, 0.3) is 0 Å². The Morgan fingerprint density at radius 3 is 2.95 bits per heavy atom. The molecule has 2 aromatic carbocycles. The number of rotatable bonds is 2. The lowest BCUT2D eigenvalue weighted by atomic mass is 10.1. The van der Waals surface area contributed by atoms with E-state index in [-0.39, 0.29) is 5.82 Å². The average molecular weight is 335 g/mol. The van der Waals surface area contributed by atoms with Gasteiger partial charge in [-0.25, -0.2) is 4.39 Å². The number of hydrogen-bond acceptors (Lipinski definition) is 2. The van der Waals surface area contributed by atoms with Crippen LogP contribution in [0.3, 0.4) is 0 Å². The molecule has 1 atom stereocenters. The molecule has 2 aromatic rings. The second-order valence-corrected chi connectivity index (χ2v) is 5.97. The van der Waals surface area contributed by atoms with Crippen LogP contribution in [0.1, 0.15) is 12.5 Å². The number of nitrogens with zero attached hydrogens (tertiary/aromatic N) is 1. The second kappa shape index (κ2) is 5.44. The van der Waals surface area contributed by atoms with Crippen molar-refractivity contribution >= 4 is 27.3 Å². The molecule has 0 fully saturated rings. The monoisotopic (exact) mass is 334 g/mol. The largest absolute Gasteiger partial charge is 0.381 e. The molecule has 20 heavy (non-hydrogen) atoms. The molecule has 0 radical (unpaired) electrons. The Morgan fingerprint density at radius 2 is 2.10 bits per heavy atom. The summed E-state index contributed by atoms with van der Waals surface area (Å²) >= 11 is 3.51. The van der Waals surface area contributed by atoms with Crippen molar-refractivity contribution in [2.75, 3.05) is 16.8 Å². The van der Waals surface area contributed by atoms with E-state index in [1.807, 2.05) is 12.1 Å². The first-order valence-corrected chi connectivity index (χ1v) is 7.48. The van der Waals surface area contributed by atoms with Gasteiger partial charge < -0.3 is 10.2 Å². The zero-order valence-corrected chi connectivity index (χ0v) is 12.8. The normalized spacial score (nSPS) is 17.6. The Balaban J connectivity index is 1.95. The third-order valence-electron chi connectivity index (χ3n) is 3.68. The second-order valence-electron chi connectivity index (χ2n) is 5.11. The molecular formula is C16H16BrFN2. The van der Waals surface area contributed by atoms with Crippen LogP contribution in [-0.4, -0.2) is 12.6 Å². The van der Waals surface area contributed by atoms with Crippen molar-refractivity contribution in [2.24, 2.45) is 0 Å². The number of hydrogen-bond donors (Lipinski definition) is 1. The lowest BCUT2D eigenvalue weighted by Crippen LogP contribution is -2.41. The van der Waals surface area contributed by atoms with Gasteiger partial charge in [0.1, 0.15) is 5.82 Å². The number of para-hydroxylation sites is 2. The van der Waals surface area contributed by atoms with Crippen LogP contribution in [0.5, 0.6) is 0 Å². The van der Waals surface area contributed by atoms with Crippen LogP contribution in [-0.2, 0) is 6.54 Å². The number of anilines is 2. The highest BCUT2D eigenvalue weighted by molar-refractivity contribution is 9.10. The van der Waals surface area contributed by atoms with E-state index in [1.165, 1.54) is 11.8 Å². The van der Waals surface area contributed by atoms with E-state index in [2.05, 4.69) is 45.2 Å². The summed E-state index contributed by atoms with van der Waals surface area (Å²) in [6.07, 6.45) is 0. The van der Waals surface area contributed by atoms with Crippen molar-refractivity contribution in [3.63, 3.8) is 0 Å². The molecule has 1 N–H and O–H groups in total. The van der Waals surface area contributed by atoms with Crippen LogP contribution >= 0.6 is 15.9 Å². The molecule has 0 saturated carbocycles. The minimum atomic E-state index is -0.195. The Kier molecular flexibility index (Phi) is 3.66. The molecule has 0 aliphatic carbocycles. The molecule has 4 heteroatoms. The summed E-state index contributed by atoms with van der Waals surface area (Å²) in [4.78, 5) is 2.31. The smallest absolute Gasteiger partial charge is 0.123 e. The minimum Gasteiger partial charge on any atom is -0.381 e. The van der Waals surface area contributed by atoms with Gasteiger partial charge in [-0.3, -0.25) is 0 Å². The maximum Gasteiger partial charge on any atom is 0.123 e. The fourth-order valence-electron chi connectivity index (χ4n) is 2.57. The van der Waals surface area contributed by atoms with Gasteiger partial charge in [0.15, 0.2) is 0 Å². The summed E-state index contributed by atoms with van der Waals surface area (Å²) in [6.45, 7) is 3.76. The summed E-state index contributed by atoms with van der Waals surface area (Å²) in [5.41, 5.74) is 3.27. The van der Waals surface area contributed by atoms with E-state index >= 15 is 0 Å². The Bertz CT molecular complexity index is 630. The van der Waals surface area contributed by atoms with E-state index in [9.17, 15) is 4.39 Å². The number of halogens is 2. The third-order valence-corrected chi connectivity index (χ3v) is 4.46. The molecule has 0 aromatic heterocycles. The molecule has 0 amide bonds. The molecule has 1 heterocycles. The molecule has 1 unspecified atom stereocenters. The maximum atomic E-state index is 13.4. The first kappa shape index (κ1) is 13.4. The zero-order valence-electron chi connectivity index (χ0n) is 11.2. The first-order valence-electron chi connectivity index (χ1n) is 6.68. The van der Waals surface area contributed by atoms with Crippen molar-refractivity contribution in [2.45, 2.75) is 19.5 Å². The van der Waals surface area contributed by atoms with Gasteiger partial charge in [-0.1, -0.05) is 28.1 Å². The molecule has 3 rings (SSSR count). The van der Waals surface area contributed by atoms with Crippen molar-refractivity contribution in [3.05, 3.63) is 58.3 Å². The molecule has 0 bridgehead atoms. The van der Waals surface area contributed by atoms with Gasteiger partial charge >= 0.3 is 0 Å². The van der Waals surface area contributed by atoms with E-state index < -0.39 is 0 Å². The number of fused-ring (bicyclic) bond motifs is 1. The van der Waals surface area contributed by atoms with Crippen LogP contribution in [0, 0.1) is 5.82 Å². The van der Waals surface area contributed by atoms with Gasteiger partial charge in [0, 0.05) is 23.6 Å².